The van der Waals surface area contributed by atoms with Crippen molar-refractivity contribution >= 4 is 22.3 Å². The van der Waals surface area contributed by atoms with Gasteiger partial charge >= 0.3 is 5.97 Å². The summed E-state index contributed by atoms with van der Waals surface area (Å²) in [5, 5.41) is 1.88. The molecule has 0 aliphatic heterocycles. The van der Waals surface area contributed by atoms with Crippen molar-refractivity contribution in [2.45, 2.75) is 26.9 Å². The molecule has 0 bridgehead atoms. The number of ether oxygens (including phenoxy) is 1. The molecule has 1 saturated carbocycles. The average Bonchev–Trinajstić information content (AvgIpc) is 2.98. The number of fused-ring (bicyclic) bond motifs is 1. The molecule has 5 nitrogen and oxygen atoms in total. The van der Waals surface area contributed by atoms with E-state index in [0.717, 1.165) is 12.1 Å². The van der Waals surface area contributed by atoms with Crippen LogP contribution in [0.25, 0.3) is 4.96 Å². The van der Waals surface area contributed by atoms with Gasteiger partial charge in [0.05, 0.1) is 11.6 Å². The van der Waals surface area contributed by atoms with Gasteiger partial charge in [-0.05, 0) is 19.3 Å². The van der Waals surface area contributed by atoms with Gasteiger partial charge in [0.15, 0.2) is 4.96 Å². The lowest BCUT2D eigenvalue weighted by molar-refractivity contribution is -0.147. The van der Waals surface area contributed by atoms with Crippen molar-refractivity contribution in [2.24, 2.45) is 11.8 Å². The maximum Gasteiger partial charge on any atom is 0.309 e. The van der Waals surface area contributed by atoms with Crippen LogP contribution in [0.2, 0.25) is 0 Å². The molecule has 0 saturated heterocycles. The smallest absolute Gasteiger partial charge is 0.309 e. The number of thiazole rings is 1. The van der Waals surface area contributed by atoms with Gasteiger partial charge in [-0.15, -0.1) is 11.3 Å². The third-order valence-corrected chi connectivity index (χ3v) is 4.35. The van der Waals surface area contributed by atoms with Crippen molar-refractivity contribution < 1.29 is 9.53 Å². The van der Waals surface area contributed by atoms with Crippen LogP contribution in [0.4, 0.5) is 0 Å². The Morgan fingerprint density at radius 3 is 3.05 bits per heavy atom. The number of aryl methyl sites for hydroxylation is 1. The molecule has 6 heteroatoms. The first-order valence-corrected chi connectivity index (χ1v) is 7.07. The van der Waals surface area contributed by atoms with Crippen molar-refractivity contribution in [3.63, 3.8) is 0 Å². The fourth-order valence-electron chi connectivity index (χ4n) is 2.08. The first kappa shape index (κ1) is 12.3. The van der Waals surface area contributed by atoms with Crippen molar-refractivity contribution in [3.8, 4) is 0 Å². The number of hydrogen-bond donors (Lipinski definition) is 0. The van der Waals surface area contributed by atoms with Gasteiger partial charge in [0.2, 0.25) is 0 Å². The van der Waals surface area contributed by atoms with Gasteiger partial charge in [-0.3, -0.25) is 14.0 Å². The molecule has 1 aliphatic rings. The molecular weight excluding hydrogens is 264 g/mol. The minimum absolute atomic E-state index is 0.0359. The van der Waals surface area contributed by atoms with E-state index in [9.17, 15) is 9.59 Å². The van der Waals surface area contributed by atoms with Crippen molar-refractivity contribution in [1.29, 1.82) is 0 Å². The predicted molar refractivity (Wildman–Crippen MR) is 71.1 cm³/mol. The summed E-state index contributed by atoms with van der Waals surface area (Å²) in [7, 11) is 0. The first-order valence-electron chi connectivity index (χ1n) is 6.19. The van der Waals surface area contributed by atoms with Gasteiger partial charge in [0.1, 0.15) is 6.61 Å². The van der Waals surface area contributed by atoms with Gasteiger partial charge in [-0.1, -0.05) is 6.92 Å². The molecule has 19 heavy (non-hydrogen) atoms. The molecule has 0 amide bonds. The molecular formula is C13H14N2O3S. The number of aromatic nitrogens is 2. The fourth-order valence-corrected chi connectivity index (χ4v) is 2.97. The van der Waals surface area contributed by atoms with Crippen LogP contribution in [0.15, 0.2) is 16.2 Å². The summed E-state index contributed by atoms with van der Waals surface area (Å²) < 4.78 is 6.74. The Morgan fingerprint density at radius 2 is 2.37 bits per heavy atom. The van der Waals surface area contributed by atoms with Crippen LogP contribution >= 0.6 is 11.3 Å². The first-order chi connectivity index (χ1) is 9.06. The van der Waals surface area contributed by atoms with E-state index in [4.69, 9.17) is 4.74 Å². The quantitative estimate of drug-likeness (QED) is 0.803. The molecule has 1 aliphatic carbocycles. The van der Waals surface area contributed by atoms with E-state index in [-0.39, 0.29) is 24.1 Å². The fraction of sp³-hybridized carbons (Fsp3) is 0.462. The Morgan fingerprint density at radius 1 is 1.63 bits per heavy atom. The maximum absolute atomic E-state index is 11.9. The second-order valence-electron chi connectivity index (χ2n) is 5.01. The minimum Gasteiger partial charge on any atom is -0.459 e. The van der Waals surface area contributed by atoms with Crippen LogP contribution in [0.5, 0.6) is 0 Å². The highest BCUT2D eigenvalue weighted by Crippen LogP contribution is 2.38. The zero-order chi connectivity index (χ0) is 13.6. The van der Waals surface area contributed by atoms with Crippen LogP contribution in [-0.2, 0) is 16.1 Å². The third kappa shape index (κ3) is 2.28. The zero-order valence-electron chi connectivity index (χ0n) is 10.8. The number of hydrogen-bond acceptors (Lipinski definition) is 5. The molecule has 0 N–H and O–H groups in total. The highest BCUT2D eigenvalue weighted by molar-refractivity contribution is 7.15. The number of esters is 1. The van der Waals surface area contributed by atoms with Gasteiger partial charge in [0.25, 0.3) is 5.56 Å². The van der Waals surface area contributed by atoms with E-state index in [1.807, 2.05) is 19.2 Å². The summed E-state index contributed by atoms with van der Waals surface area (Å²) in [6.45, 7) is 3.96. The van der Waals surface area contributed by atoms with E-state index < -0.39 is 0 Å². The van der Waals surface area contributed by atoms with Crippen molar-refractivity contribution in [3.05, 3.63) is 33.2 Å². The van der Waals surface area contributed by atoms with E-state index in [1.165, 1.54) is 17.4 Å². The van der Waals surface area contributed by atoms with Crippen LogP contribution in [-0.4, -0.2) is 15.4 Å². The van der Waals surface area contributed by atoms with Gasteiger partial charge in [0, 0.05) is 17.1 Å². The van der Waals surface area contributed by atoms with Crippen LogP contribution < -0.4 is 5.56 Å². The standard InChI is InChI=1S/C13H14N2O3S/c1-7-3-10(7)12(17)18-5-9-4-11(16)15-8(2)6-19-13(15)14-9/h4,6-7,10H,3,5H2,1-2H3/t7-,10+/m0/s1. The van der Waals surface area contributed by atoms with Gasteiger partial charge in [-0.2, -0.15) is 0 Å². The molecule has 0 spiro atoms. The number of carbonyl (C=O) groups is 1. The summed E-state index contributed by atoms with van der Waals surface area (Å²) in [5.74, 6) is 0.277. The molecule has 0 aromatic carbocycles. The van der Waals surface area contributed by atoms with Crippen molar-refractivity contribution in [1.82, 2.24) is 9.38 Å². The molecule has 2 aromatic heterocycles. The lowest BCUT2D eigenvalue weighted by atomic mass is 10.3. The Bertz CT molecular complexity index is 703. The minimum atomic E-state index is -0.183. The van der Waals surface area contributed by atoms with E-state index in [0.29, 0.717) is 16.6 Å². The largest absolute Gasteiger partial charge is 0.459 e. The molecule has 2 atom stereocenters. The Hall–Kier alpha value is -1.69. The Kier molecular flexibility index (Phi) is 2.89. The topological polar surface area (TPSA) is 60.7 Å². The summed E-state index contributed by atoms with van der Waals surface area (Å²) >= 11 is 1.41. The SMILES string of the molecule is Cc1csc2nc(COC(=O)[C@@H]3C[C@@H]3C)cc(=O)n12. The second-order valence-corrected chi connectivity index (χ2v) is 5.84. The van der Waals surface area contributed by atoms with Gasteiger partial charge in [-0.25, -0.2) is 4.98 Å². The molecule has 0 unspecified atom stereocenters. The molecule has 2 aromatic rings. The summed E-state index contributed by atoms with van der Waals surface area (Å²) in [6, 6.07) is 1.43. The summed E-state index contributed by atoms with van der Waals surface area (Å²) in [6.07, 6.45) is 0.901. The molecule has 1 fully saturated rings. The van der Waals surface area contributed by atoms with Crippen molar-refractivity contribution in [2.75, 3.05) is 0 Å². The highest BCUT2D eigenvalue weighted by atomic mass is 32.1. The third-order valence-electron chi connectivity index (χ3n) is 3.40. The molecule has 3 rings (SSSR count). The highest BCUT2D eigenvalue weighted by Gasteiger charge is 2.40. The van der Waals surface area contributed by atoms with E-state index >= 15 is 0 Å². The van der Waals surface area contributed by atoms with Crippen LogP contribution in [0.1, 0.15) is 24.7 Å². The second kappa shape index (κ2) is 4.45. The molecule has 2 heterocycles. The summed E-state index contributed by atoms with van der Waals surface area (Å²) in [5.41, 5.74) is 1.25. The van der Waals surface area contributed by atoms with Crippen LogP contribution in [0.3, 0.4) is 0 Å². The lowest BCUT2D eigenvalue weighted by Crippen LogP contribution is -2.16. The van der Waals surface area contributed by atoms with Crippen LogP contribution in [0, 0.1) is 18.8 Å². The Balaban J connectivity index is 1.78. The molecule has 100 valence electrons. The Labute approximate surface area is 113 Å². The maximum atomic E-state index is 11.9. The zero-order valence-corrected chi connectivity index (χ0v) is 11.6. The lowest BCUT2D eigenvalue weighted by Gasteiger charge is -2.04. The number of rotatable bonds is 3. The number of carbonyl (C=O) groups excluding carboxylic acids is 1. The predicted octanol–water partition coefficient (Wildman–Crippen LogP) is 1.76. The monoisotopic (exact) mass is 278 g/mol. The van der Waals surface area contributed by atoms with E-state index in [1.54, 1.807) is 4.40 Å². The average molecular weight is 278 g/mol. The summed E-state index contributed by atoms with van der Waals surface area (Å²) in [4.78, 5) is 28.5. The number of nitrogens with zero attached hydrogens (tertiary/aromatic N) is 2. The van der Waals surface area contributed by atoms with E-state index in [2.05, 4.69) is 4.98 Å². The molecule has 0 radical (unpaired) electrons. The van der Waals surface area contributed by atoms with Gasteiger partial charge < -0.3 is 4.74 Å². The normalized spacial score (nSPS) is 21.6.